The average molecular weight is 323 g/mol. The lowest BCUT2D eigenvalue weighted by atomic mass is 9.84. The van der Waals surface area contributed by atoms with Crippen LogP contribution in [-0.4, -0.2) is 29.3 Å². The van der Waals surface area contributed by atoms with E-state index >= 15 is 0 Å². The highest BCUT2D eigenvalue weighted by molar-refractivity contribution is 5.67. The Morgan fingerprint density at radius 1 is 1.39 bits per heavy atom. The number of nitrogens with one attached hydrogen (secondary N) is 2. The molecular weight excluding hydrogens is 294 g/mol. The Balaban J connectivity index is 1.79. The van der Waals surface area contributed by atoms with Gasteiger partial charge in [-0.3, -0.25) is 0 Å². The first-order chi connectivity index (χ1) is 10.8. The summed E-state index contributed by atoms with van der Waals surface area (Å²) in [5, 5.41) is 6.43. The van der Waals surface area contributed by atoms with E-state index in [4.69, 9.17) is 9.15 Å². The zero-order valence-electron chi connectivity index (χ0n) is 14.6. The molecule has 1 aromatic rings. The Morgan fingerprint density at radius 2 is 2.13 bits per heavy atom. The van der Waals surface area contributed by atoms with E-state index in [0.29, 0.717) is 30.9 Å². The molecule has 2 unspecified atom stereocenters. The summed E-state index contributed by atoms with van der Waals surface area (Å²) in [5.74, 6) is 1.95. The van der Waals surface area contributed by atoms with Crippen molar-refractivity contribution in [2.45, 2.75) is 71.6 Å². The van der Waals surface area contributed by atoms with Crippen molar-refractivity contribution >= 4 is 6.09 Å². The molecule has 1 aliphatic carbocycles. The van der Waals surface area contributed by atoms with Crippen LogP contribution in [0.2, 0.25) is 0 Å². The number of ether oxygens (including phenoxy) is 1. The topological polar surface area (TPSA) is 76.4 Å². The highest BCUT2D eigenvalue weighted by Gasteiger charge is 2.26. The molecule has 2 rings (SSSR count). The highest BCUT2D eigenvalue weighted by atomic mass is 16.6. The quantitative estimate of drug-likeness (QED) is 0.870. The van der Waals surface area contributed by atoms with Crippen LogP contribution in [0.5, 0.6) is 0 Å². The first kappa shape index (κ1) is 17.8. The van der Waals surface area contributed by atoms with Crippen LogP contribution in [0.15, 0.2) is 10.6 Å². The number of alkyl carbamates (subject to hydrolysis) is 1. The summed E-state index contributed by atoms with van der Waals surface area (Å²) in [7, 11) is 0. The number of carbonyl (C=O) groups excluding carboxylic acids is 1. The van der Waals surface area contributed by atoms with Crippen molar-refractivity contribution in [1.82, 2.24) is 15.6 Å². The summed E-state index contributed by atoms with van der Waals surface area (Å²) in [5.41, 5.74) is -0.461. The number of aryl methyl sites for hydroxylation is 1. The van der Waals surface area contributed by atoms with Gasteiger partial charge in [-0.15, -0.1) is 0 Å². The largest absolute Gasteiger partial charge is 0.445 e. The summed E-state index contributed by atoms with van der Waals surface area (Å²) < 4.78 is 10.8. The van der Waals surface area contributed by atoms with E-state index in [1.54, 1.807) is 6.20 Å². The molecule has 0 radical (unpaired) electrons. The van der Waals surface area contributed by atoms with E-state index < -0.39 is 5.60 Å². The lowest BCUT2D eigenvalue weighted by Gasteiger charge is -2.32. The van der Waals surface area contributed by atoms with Crippen LogP contribution < -0.4 is 10.6 Å². The van der Waals surface area contributed by atoms with E-state index in [1.807, 2.05) is 27.7 Å². The highest BCUT2D eigenvalue weighted by Crippen LogP contribution is 2.24. The van der Waals surface area contributed by atoms with Crippen LogP contribution in [-0.2, 0) is 11.3 Å². The second-order valence-corrected chi connectivity index (χ2v) is 7.28. The lowest BCUT2D eigenvalue weighted by Crippen LogP contribution is -2.44. The summed E-state index contributed by atoms with van der Waals surface area (Å²) in [6.07, 6.45) is 6.03. The number of rotatable bonds is 5. The van der Waals surface area contributed by atoms with Gasteiger partial charge in [0.25, 0.3) is 0 Å². The molecule has 1 aromatic heterocycles. The SMILES string of the molecule is Cc1cnc(CNC2CCCCC2CNC(=O)OC(C)(C)C)o1. The van der Waals surface area contributed by atoms with E-state index in [-0.39, 0.29) is 6.09 Å². The molecule has 130 valence electrons. The zero-order chi connectivity index (χ0) is 16.9. The molecule has 1 aliphatic rings. The van der Waals surface area contributed by atoms with Crippen LogP contribution >= 0.6 is 0 Å². The molecule has 1 fully saturated rings. The molecule has 0 aliphatic heterocycles. The van der Waals surface area contributed by atoms with E-state index in [2.05, 4.69) is 15.6 Å². The van der Waals surface area contributed by atoms with Crippen LogP contribution in [0, 0.1) is 12.8 Å². The van der Waals surface area contributed by atoms with Crippen LogP contribution in [0.25, 0.3) is 0 Å². The van der Waals surface area contributed by atoms with Crippen molar-refractivity contribution in [1.29, 1.82) is 0 Å². The van der Waals surface area contributed by atoms with Gasteiger partial charge in [-0.25, -0.2) is 9.78 Å². The monoisotopic (exact) mass is 323 g/mol. The molecule has 6 nitrogen and oxygen atoms in total. The first-order valence-electron chi connectivity index (χ1n) is 8.45. The molecule has 1 saturated carbocycles. The van der Waals surface area contributed by atoms with E-state index in [1.165, 1.54) is 12.8 Å². The van der Waals surface area contributed by atoms with Crippen LogP contribution in [0.1, 0.15) is 58.1 Å². The fourth-order valence-electron chi connectivity index (χ4n) is 2.95. The minimum absolute atomic E-state index is 0.342. The Kier molecular flexibility index (Phi) is 6.04. The van der Waals surface area contributed by atoms with Gasteiger partial charge < -0.3 is 19.8 Å². The van der Waals surface area contributed by atoms with E-state index in [9.17, 15) is 4.79 Å². The van der Waals surface area contributed by atoms with Crippen molar-refractivity contribution in [2.75, 3.05) is 6.54 Å². The second kappa shape index (κ2) is 7.81. The number of carbonyl (C=O) groups is 1. The molecule has 2 N–H and O–H groups in total. The Labute approximate surface area is 138 Å². The third kappa shape index (κ3) is 6.22. The van der Waals surface area contributed by atoms with Crippen molar-refractivity contribution in [3.05, 3.63) is 17.8 Å². The minimum Gasteiger partial charge on any atom is -0.445 e. The fraction of sp³-hybridized carbons (Fsp3) is 0.765. The standard InChI is InChI=1S/C17H29N3O3/c1-12-9-19-15(22-12)11-18-14-8-6-5-7-13(14)10-20-16(21)23-17(2,3)4/h9,13-14,18H,5-8,10-11H2,1-4H3,(H,20,21). The van der Waals surface area contributed by atoms with Gasteiger partial charge in [0.05, 0.1) is 12.7 Å². The van der Waals surface area contributed by atoms with Gasteiger partial charge in [0.2, 0.25) is 5.89 Å². The molecule has 2 atom stereocenters. The number of oxazole rings is 1. The number of nitrogens with zero attached hydrogens (tertiary/aromatic N) is 1. The number of amides is 1. The van der Waals surface area contributed by atoms with Gasteiger partial charge in [0.15, 0.2) is 0 Å². The van der Waals surface area contributed by atoms with Gasteiger partial charge in [-0.2, -0.15) is 0 Å². The molecule has 23 heavy (non-hydrogen) atoms. The van der Waals surface area contributed by atoms with Crippen LogP contribution in [0.3, 0.4) is 0 Å². The molecule has 0 bridgehead atoms. The van der Waals surface area contributed by atoms with Gasteiger partial charge in [0.1, 0.15) is 11.4 Å². The smallest absolute Gasteiger partial charge is 0.407 e. The van der Waals surface area contributed by atoms with Crippen molar-refractivity contribution in [2.24, 2.45) is 5.92 Å². The van der Waals surface area contributed by atoms with Crippen molar-refractivity contribution in [3.63, 3.8) is 0 Å². The molecule has 0 aromatic carbocycles. The third-order valence-electron chi connectivity index (χ3n) is 4.00. The molecule has 1 heterocycles. The maximum atomic E-state index is 11.8. The lowest BCUT2D eigenvalue weighted by molar-refractivity contribution is 0.0510. The second-order valence-electron chi connectivity index (χ2n) is 7.28. The number of aromatic nitrogens is 1. The Bertz CT molecular complexity index is 507. The maximum Gasteiger partial charge on any atom is 0.407 e. The van der Waals surface area contributed by atoms with Crippen molar-refractivity contribution in [3.8, 4) is 0 Å². The molecule has 6 heteroatoms. The summed E-state index contributed by atoms with van der Waals surface area (Å²) in [6.45, 7) is 8.77. The van der Waals surface area contributed by atoms with Gasteiger partial charge in [-0.1, -0.05) is 12.8 Å². The van der Waals surface area contributed by atoms with E-state index in [0.717, 1.165) is 18.6 Å². The fourth-order valence-corrected chi connectivity index (χ4v) is 2.95. The molecule has 0 saturated heterocycles. The molecule has 1 amide bonds. The Morgan fingerprint density at radius 3 is 2.78 bits per heavy atom. The zero-order valence-corrected chi connectivity index (χ0v) is 14.6. The summed E-state index contributed by atoms with van der Waals surface area (Å²) in [6, 6.07) is 0.367. The van der Waals surface area contributed by atoms with Crippen molar-refractivity contribution < 1.29 is 13.9 Å². The summed E-state index contributed by atoms with van der Waals surface area (Å²) >= 11 is 0. The van der Waals surface area contributed by atoms with Gasteiger partial charge >= 0.3 is 6.09 Å². The maximum absolute atomic E-state index is 11.8. The molecule has 0 spiro atoms. The van der Waals surface area contributed by atoms with Gasteiger partial charge in [0, 0.05) is 12.6 Å². The summed E-state index contributed by atoms with van der Waals surface area (Å²) in [4.78, 5) is 16.0. The number of hydrogen-bond acceptors (Lipinski definition) is 5. The van der Waals surface area contributed by atoms with Gasteiger partial charge in [-0.05, 0) is 46.5 Å². The first-order valence-corrected chi connectivity index (χ1v) is 8.45. The number of hydrogen-bond donors (Lipinski definition) is 2. The Hall–Kier alpha value is -1.56. The molecular formula is C17H29N3O3. The minimum atomic E-state index is -0.461. The third-order valence-corrected chi connectivity index (χ3v) is 4.00. The average Bonchev–Trinajstić information content (AvgIpc) is 2.87. The van der Waals surface area contributed by atoms with Crippen LogP contribution in [0.4, 0.5) is 4.79 Å². The predicted molar refractivity (Wildman–Crippen MR) is 88.1 cm³/mol. The normalized spacial score (nSPS) is 21.9. The predicted octanol–water partition coefficient (Wildman–Crippen LogP) is 3.16.